The first-order valence-corrected chi connectivity index (χ1v) is 10.6. The van der Waals surface area contributed by atoms with Gasteiger partial charge < -0.3 is 4.74 Å². The van der Waals surface area contributed by atoms with Crippen LogP contribution in [0.2, 0.25) is 0 Å². The number of hydrogen-bond acceptors (Lipinski definition) is 1. The van der Waals surface area contributed by atoms with Crippen molar-refractivity contribution in [2.75, 3.05) is 13.2 Å². The second-order valence-corrected chi connectivity index (χ2v) is 8.42. The SMILES string of the molecule is CCCOCC(CCC[C@H]1CC[C@H](C2CCCCC2)CC1)C(F)(F)F. The first kappa shape index (κ1) is 21.1. The molecule has 25 heavy (non-hydrogen) atoms. The Morgan fingerprint density at radius 3 is 2.16 bits per heavy atom. The number of ether oxygens (including phenoxy) is 1. The predicted octanol–water partition coefficient (Wildman–Crippen LogP) is 7.15. The van der Waals surface area contributed by atoms with E-state index in [9.17, 15) is 13.2 Å². The summed E-state index contributed by atoms with van der Waals surface area (Å²) in [7, 11) is 0. The molecule has 4 heteroatoms. The van der Waals surface area contributed by atoms with Crippen LogP contribution in [0, 0.1) is 23.7 Å². The molecule has 0 bridgehead atoms. The van der Waals surface area contributed by atoms with Gasteiger partial charge in [-0.05, 0) is 43.4 Å². The molecule has 1 nitrogen and oxygen atoms in total. The third-order valence-corrected chi connectivity index (χ3v) is 6.50. The summed E-state index contributed by atoms with van der Waals surface area (Å²) in [5.41, 5.74) is 0. The minimum absolute atomic E-state index is 0.161. The van der Waals surface area contributed by atoms with Crippen LogP contribution in [0.25, 0.3) is 0 Å². The molecule has 1 unspecified atom stereocenters. The quantitative estimate of drug-likeness (QED) is 0.396. The summed E-state index contributed by atoms with van der Waals surface area (Å²) < 4.78 is 44.4. The van der Waals surface area contributed by atoms with Crippen molar-refractivity contribution in [1.29, 1.82) is 0 Å². The first-order valence-electron chi connectivity index (χ1n) is 10.6. The van der Waals surface area contributed by atoms with Crippen molar-refractivity contribution in [2.24, 2.45) is 23.7 Å². The lowest BCUT2D eigenvalue weighted by atomic mass is 9.70. The maximum atomic E-state index is 13.1. The fourth-order valence-corrected chi connectivity index (χ4v) is 4.92. The van der Waals surface area contributed by atoms with Crippen molar-refractivity contribution in [3.05, 3.63) is 0 Å². The lowest BCUT2D eigenvalue weighted by Gasteiger charge is -2.36. The molecule has 0 radical (unpaired) electrons. The van der Waals surface area contributed by atoms with Crippen LogP contribution in [-0.4, -0.2) is 19.4 Å². The van der Waals surface area contributed by atoms with Crippen LogP contribution in [-0.2, 0) is 4.74 Å². The smallest absolute Gasteiger partial charge is 0.381 e. The number of alkyl halides is 3. The highest BCUT2D eigenvalue weighted by Gasteiger charge is 2.39. The second kappa shape index (κ2) is 10.8. The number of rotatable bonds is 9. The van der Waals surface area contributed by atoms with Crippen LogP contribution >= 0.6 is 0 Å². The molecule has 0 aromatic carbocycles. The summed E-state index contributed by atoms with van der Waals surface area (Å²) >= 11 is 0. The van der Waals surface area contributed by atoms with Gasteiger partial charge in [-0.1, -0.05) is 64.7 Å². The molecule has 0 heterocycles. The molecule has 2 fully saturated rings. The van der Waals surface area contributed by atoms with Gasteiger partial charge in [0, 0.05) is 6.61 Å². The van der Waals surface area contributed by atoms with Crippen molar-refractivity contribution >= 4 is 0 Å². The van der Waals surface area contributed by atoms with Crippen LogP contribution in [0.4, 0.5) is 13.2 Å². The van der Waals surface area contributed by atoms with Gasteiger partial charge in [0.25, 0.3) is 0 Å². The molecule has 0 amide bonds. The van der Waals surface area contributed by atoms with Crippen molar-refractivity contribution in [3.63, 3.8) is 0 Å². The zero-order valence-corrected chi connectivity index (χ0v) is 16.0. The Morgan fingerprint density at radius 2 is 1.56 bits per heavy atom. The Bertz CT molecular complexity index is 342. The summed E-state index contributed by atoms with van der Waals surface area (Å²) in [6.07, 6.45) is 10.7. The minimum Gasteiger partial charge on any atom is -0.381 e. The maximum absolute atomic E-state index is 13.1. The molecule has 0 aliphatic heterocycles. The van der Waals surface area contributed by atoms with E-state index in [0.717, 1.165) is 24.7 Å². The molecule has 2 saturated carbocycles. The van der Waals surface area contributed by atoms with Crippen molar-refractivity contribution < 1.29 is 17.9 Å². The molecule has 0 spiro atoms. The van der Waals surface area contributed by atoms with Gasteiger partial charge in [0.05, 0.1) is 12.5 Å². The standard InChI is InChI=1S/C21H37F3O/c1-2-15-25-16-20(21(22,23)24)10-6-7-17-11-13-19(14-12-17)18-8-4-3-5-9-18/h17-20H,2-16H2,1H3/t17-,19-,20?. The molecule has 0 aromatic rings. The average Bonchev–Trinajstić information content (AvgIpc) is 2.61. The molecule has 0 saturated heterocycles. The van der Waals surface area contributed by atoms with E-state index in [1.165, 1.54) is 57.8 Å². The van der Waals surface area contributed by atoms with Crippen molar-refractivity contribution in [3.8, 4) is 0 Å². The van der Waals surface area contributed by atoms with Crippen molar-refractivity contribution in [2.45, 2.75) is 96.6 Å². The van der Waals surface area contributed by atoms with Crippen LogP contribution in [0.15, 0.2) is 0 Å². The molecular formula is C21H37F3O. The fraction of sp³-hybridized carbons (Fsp3) is 1.00. The van der Waals surface area contributed by atoms with E-state index in [4.69, 9.17) is 4.74 Å². The highest BCUT2D eigenvalue weighted by molar-refractivity contribution is 4.80. The topological polar surface area (TPSA) is 9.23 Å². The van der Waals surface area contributed by atoms with Gasteiger partial charge in [-0.2, -0.15) is 13.2 Å². The highest BCUT2D eigenvalue weighted by Crippen LogP contribution is 2.41. The molecule has 2 rings (SSSR count). The van der Waals surface area contributed by atoms with E-state index < -0.39 is 12.1 Å². The van der Waals surface area contributed by atoms with Gasteiger partial charge in [-0.15, -0.1) is 0 Å². The summed E-state index contributed by atoms with van der Waals surface area (Å²) in [6.45, 7) is 2.19. The lowest BCUT2D eigenvalue weighted by Crippen LogP contribution is -2.28. The third kappa shape index (κ3) is 7.48. The molecular weight excluding hydrogens is 325 g/mol. The van der Waals surface area contributed by atoms with Gasteiger partial charge >= 0.3 is 6.18 Å². The largest absolute Gasteiger partial charge is 0.394 e. The van der Waals surface area contributed by atoms with Gasteiger partial charge in [0.2, 0.25) is 0 Å². The first-order chi connectivity index (χ1) is 12.0. The summed E-state index contributed by atoms with van der Waals surface area (Å²) in [5, 5.41) is 0. The molecule has 148 valence electrons. The van der Waals surface area contributed by atoms with Crippen molar-refractivity contribution in [1.82, 2.24) is 0 Å². The van der Waals surface area contributed by atoms with Gasteiger partial charge in [0.1, 0.15) is 0 Å². The summed E-state index contributed by atoms with van der Waals surface area (Å²) in [5.74, 6) is 1.23. The Hall–Kier alpha value is -0.250. The van der Waals surface area contributed by atoms with E-state index in [1.54, 1.807) is 0 Å². The lowest BCUT2D eigenvalue weighted by molar-refractivity contribution is -0.190. The van der Waals surface area contributed by atoms with Crippen LogP contribution in [0.5, 0.6) is 0 Å². The Morgan fingerprint density at radius 1 is 0.920 bits per heavy atom. The zero-order chi connectivity index (χ0) is 18.1. The Balaban J connectivity index is 1.63. The van der Waals surface area contributed by atoms with Gasteiger partial charge in [0.15, 0.2) is 0 Å². The monoisotopic (exact) mass is 362 g/mol. The van der Waals surface area contributed by atoms with Crippen LogP contribution in [0.3, 0.4) is 0 Å². The van der Waals surface area contributed by atoms with Gasteiger partial charge in [-0.3, -0.25) is 0 Å². The van der Waals surface area contributed by atoms with E-state index in [1.807, 2.05) is 6.92 Å². The second-order valence-electron chi connectivity index (χ2n) is 8.42. The highest BCUT2D eigenvalue weighted by atomic mass is 19.4. The molecule has 0 aromatic heterocycles. The third-order valence-electron chi connectivity index (χ3n) is 6.50. The van der Waals surface area contributed by atoms with E-state index in [2.05, 4.69) is 0 Å². The van der Waals surface area contributed by atoms with E-state index in [0.29, 0.717) is 18.9 Å². The van der Waals surface area contributed by atoms with E-state index in [-0.39, 0.29) is 13.0 Å². The van der Waals surface area contributed by atoms with E-state index >= 15 is 0 Å². The van der Waals surface area contributed by atoms with Crippen LogP contribution in [0.1, 0.15) is 90.4 Å². The zero-order valence-electron chi connectivity index (χ0n) is 16.0. The minimum atomic E-state index is -4.12. The molecule has 0 N–H and O–H groups in total. The molecule has 1 atom stereocenters. The van der Waals surface area contributed by atoms with Crippen LogP contribution < -0.4 is 0 Å². The normalized spacial score (nSPS) is 27.4. The summed E-state index contributed by atoms with van der Waals surface area (Å²) in [6, 6.07) is 0. The number of hydrogen-bond donors (Lipinski definition) is 0. The summed E-state index contributed by atoms with van der Waals surface area (Å²) in [4.78, 5) is 0. The maximum Gasteiger partial charge on any atom is 0.394 e. The molecule has 2 aliphatic carbocycles. The molecule has 2 aliphatic rings. The van der Waals surface area contributed by atoms with Gasteiger partial charge in [-0.25, -0.2) is 0 Å². The number of halogens is 3. The fourth-order valence-electron chi connectivity index (χ4n) is 4.92. The average molecular weight is 363 g/mol. The Kier molecular flexibility index (Phi) is 9.09. The predicted molar refractivity (Wildman–Crippen MR) is 96.5 cm³/mol. The Labute approximate surface area is 152 Å².